The summed E-state index contributed by atoms with van der Waals surface area (Å²) < 4.78 is 0. The third-order valence-corrected chi connectivity index (χ3v) is 3.24. The fourth-order valence-corrected chi connectivity index (χ4v) is 1.62. The average Bonchev–Trinajstić information content (AvgIpc) is 2.38. The molecule has 1 aromatic rings. The van der Waals surface area contributed by atoms with Crippen molar-refractivity contribution in [3.8, 4) is 11.8 Å². The van der Waals surface area contributed by atoms with Gasteiger partial charge in [-0.15, -0.1) is 0 Å². The lowest BCUT2D eigenvalue weighted by atomic mass is 10.0. The molecule has 2 N–H and O–H groups in total. The molecule has 108 valence electrons. The van der Waals surface area contributed by atoms with Crippen LogP contribution in [-0.2, 0) is 0 Å². The largest absolute Gasteiger partial charge is 0.395 e. The standard InChI is InChI=1S/C17H23NO2/c1-12(2)14(4)18-17(20)16-9-8-13(3)11-15(16)7-5-6-10-19/h8-9,11-12,14,19H,6,10H2,1-4H3,(H,18,20). The van der Waals surface area contributed by atoms with Crippen LogP contribution >= 0.6 is 0 Å². The van der Waals surface area contributed by atoms with Gasteiger partial charge in [0, 0.05) is 18.0 Å². The molecule has 0 spiro atoms. The summed E-state index contributed by atoms with van der Waals surface area (Å²) in [6.07, 6.45) is 0.414. The van der Waals surface area contributed by atoms with Gasteiger partial charge in [0.2, 0.25) is 0 Å². The SMILES string of the molecule is Cc1ccc(C(=O)NC(C)C(C)C)c(C#CCCO)c1. The number of rotatable bonds is 4. The van der Waals surface area contributed by atoms with E-state index in [1.807, 2.05) is 26.0 Å². The molecule has 0 aliphatic carbocycles. The van der Waals surface area contributed by atoms with Crippen LogP contribution < -0.4 is 5.32 Å². The Bertz CT molecular complexity index is 524. The highest BCUT2D eigenvalue weighted by Crippen LogP contribution is 2.12. The maximum Gasteiger partial charge on any atom is 0.252 e. The van der Waals surface area contributed by atoms with Crippen LogP contribution in [0.4, 0.5) is 0 Å². The minimum atomic E-state index is -0.0977. The molecule has 0 heterocycles. The minimum absolute atomic E-state index is 0.0325. The molecule has 0 aromatic heterocycles. The molecule has 1 aromatic carbocycles. The second kappa shape index (κ2) is 7.72. The van der Waals surface area contributed by atoms with E-state index in [1.54, 1.807) is 6.07 Å². The van der Waals surface area contributed by atoms with Crippen LogP contribution in [0.5, 0.6) is 0 Å². The predicted molar refractivity (Wildman–Crippen MR) is 81.5 cm³/mol. The lowest BCUT2D eigenvalue weighted by Gasteiger charge is -2.18. The summed E-state index contributed by atoms with van der Waals surface area (Å²) in [5.41, 5.74) is 2.37. The molecule has 1 amide bonds. The Morgan fingerprint density at radius 3 is 2.65 bits per heavy atom. The van der Waals surface area contributed by atoms with Crippen LogP contribution in [0.1, 0.15) is 48.7 Å². The molecular weight excluding hydrogens is 250 g/mol. The van der Waals surface area contributed by atoms with E-state index in [4.69, 9.17) is 5.11 Å². The number of carbonyl (C=O) groups excluding carboxylic acids is 1. The zero-order chi connectivity index (χ0) is 15.1. The van der Waals surface area contributed by atoms with Crippen LogP contribution in [0.3, 0.4) is 0 Å². The van der Waals surface area contributed by atoms with Crippen molar-refractivity contribution >= 4 is 5.91 Å². The van der Waals surface area contributed by atoms with Gasteiger partial charge in [-0.2, -0.15) is 0 Å². The van der Waals surface area contributed by atoms with Gasteiger partial charge in [-0.3, -0.25) is 4.79 Å². The van der Waals surface area contributed by atoms with E-state index in [0.717, 1.165) is 5.56 Å². The van der Waals surface area contributed by atoms with Crippen molar-refractivity contribution in [3.63, 3.8) is 0 Å². The van der Waals surface area contributed by atoms with Crippen molar-refractivity contribution in [2.45, 2.75) is 40.2 Å². The Morgan fingerprint density at radius 2 is 2.05 bits per heavy atom. The minimum Gasteiger partial charge on any atom is -0.395 e. The molecular formula is C17H23NO2. The van der Waals surface area contributed by atoms with Gasteiger partial charge in [0.1, 0.15) is 0 Å². The first-order valence-corrected chi connectivity index (χ1v) is 6.97. The number of amides is 1. The van der Waals surface area contributed by atoms with E-state index in [0.29, 0.717) is 23.5 Å². The molecule has 20 heavy (non-hydrogen) atoms. The smallest absolute Gasteiger partial charge is 0.252 e. The van der Waals surface area contributed by atoms with E-state index in [9.17, 15) is 4.79 Å². The summed E-state index contributed by atoms with van der Waals surface area (Å²) in [6, 6.07) is 5.73. The molecule has 0 fully saturated rings. The molecule has 0 aliphatic heterocycles. The second-order valence-electron chi connectivity index (χ2n) is 5.33. The van der Waals surface area contributed by atoms with Crippen LogP contribution in [0.2, 0.25) is 0 Å². The number of hydrogen-bond acceptors (Lipinski definition) is 2. The first-order chi connectivity index (χ1) is 9.45. The van der Waals surface area contributed by atoms with Crippen LogP contribution in [0.15, 0.2) is 18.2 Å². The van der Waals surface area contributed by atoms with Gasteiger partial charge >= 0.3 is 0 Å². The van der Waals surface area contributed by atoms with Gasteiger partial charge in [-0.05, 0) is 37.5 Å². The number of aliphatic hydroxyl groups excluding tert-OH is 1. The number of aryl methyl sites for hydroxylation is 1. The highest BCUT2D eigenvalue weighted by molar-refractivity contribution is 5.97. The topological polar surface area (TPSA) is 49.3 Å². The van der Waals surface area contributed by atoms with Crippen molar-refractivity contribution in [3.05, 3.63) is 34.9 Å². The monoisotopic (exact) mass is 273 g/mol. The Kier molecular flexibility index (Phi) is 6.27. The molecule has 3 nitrogen and oxygen atoms in total. The number of nitrogens with one attached hydrogen (secondary N) is 1. The lowest BCUT2D eigenvalue weighted by molar-refractivity contribution is 0.0930. The van der Waals surface area contributed by atoms with E-state index in [-0.39, 0.29) is 18.6 Å². The molecule has 1 rings (SSSR count). The molecule has 3 heteroatoms. The highest BCUT2D eigenvalue weighted by atomic mass is 16.2. The fraction of sp³-hybridized carbons (Fsp3) is 0.471. The van der Waals surface area contributed by atoms with E-state index in [2.05, 4.69) is 31.0 Å². The summed E-state index contributed by atoms with van der Waals surface area (Å²) >= 11 is 0. The van der Waals surface area contributed by atoms with Gasteiger partial charge in [-0.1, -0.05) is 31.8 Å². The number of hydrogen-bond donors (Lipinski definition) is 2. The lowest BCUT2D eigenvalue weighted by Crippen LogP contribution is -2.36. The molecule has 0 saturated carbocycles. The quantitative estimate of drug-likeness (QED) is 0.828. The van der Waals surface area contributed by atoms with Crippen molar-refractivity contribution in [2.75, 3.05) is 6.61 Å². The third kappa shape index (κ3) is 4.71. The predicted octanol–water partition coefficient (Wildman–Crippen LogP) is 2.50. The maximum absolute atomic E-state index is 12.3. The van der Waals surface area contributed by atoms with Gasteiger partial charge in [0.05, 0.1) is 12.2 Å². The van der Waals surface area contributed by atoms with Crippen LogP contribution in [0.25, 0.3) is 0 Å². The average molecular weight is 273 g/mol. The molecule has 0 radical (unpaired) electrons. The van der Waals surface area contributed by atoms with Crippen molar-refractivity contribution in [2.24, 2.45) is 5.92 Å². The van der Waals surface area contributed by atoms with Gasteiger partial charge in [0.25, 0.3) is 5.91 Å². The molecule has 0 aliphatic rings. The molecule has 1 unspecified atom stereocenters. The molecule has 1 atom stereocenters. The number of benzene rings is 1. The highest BCUT2D eigenvalue weighted by Gasteiger charge is 2.15. The van der Waals surface area contributed by atoms with Crippen molar-refractivity contribution in [1.82, 2.24) is 5.32 Å². The Labute approximate surface area is 121 Å². The van der Waals surface area contributed by atoms with Gasteiger partial charge in [0.15, 0.2) is 0 Å². The zero-order valence-electron chi connectivity index (χ0n) is 12.7. The zero-order valence-corrected chi connectivity index (χ0v) is 12.7. The van der Waals surface area contributed by atoms with E-state index >= 15 is 0 Å². The molecule has 0 saturated heterocycles. The Morgan fingerprint density at radius 1 is 1.35 bits per heavy atom. The van der Waals surface area contributed by atoms with E-state index in [1.165, 1.54) is 0 Å². The fourth-order valence-electron chi connectivity index (χ4n) is 1.62. The summed E-state index contributed by atoms with van der Waals surface area (Å²) in [5.74, 6) is 6.12. The summed E-state index contributed by atoms with van der Waals surface area (Å²) in [6.45, 7) is 8.14. The maximum atomic E-state index is 12.3. The third-order valence-electron chi connectivity index (χ3n) is 3.24. The Hall–Kier alpha value is -1.79. The second-order valence-corrected chi connectivity index (χ2v) is 5.33. The number of carbonyl (C=O) groups is 1. The van der Waals surface area contributed by atoms with Gasteiger partial charge < -0.3 is 10.4 Å². The normalized spacial score (nSPS) is 11.7. The van der Waals surface area contributed by atoms with Crippen molar-refractivity contribution < 1.29 is 9.90 Å². The summed E-state index contributed by atoms with van der Waals surface area (Å²) in [4.78, 5) is 12.3. The summed E-state index contributed by atoms with van der Waals surface area (Å²) in [5, 5.41) is 11.8. The first kappa shape index (κ1) is 16.3. The van der Waals surface area contributed by atoms with E-state index < -0.39 is 0 Å². The number of aliphatic hydroxyl groups is 1. The first-order valence-electron chi connectivity index (χ1n) is 6.97. The van der Waals surface area contributed by atoms with Crippen LogP contribution in [0, 0.1) is 24.7 Å². The van der Waals surface area contributed by atoms with Gasteiger partial charge in [-0.25, -0.2) is 0 Å². The van der Waals surface area contributed by atoms with Crippen LogP contribution in [-0.4, -0.2) is 23.7 Å². The molecule has 0 bridgehead atoms. The summed E-state index contributed by atoms with van der Waals surface area (Å²) in [7, 11) is 0. The Balaban J connectivity index is 2.99. The van der Waals surface area contributed by atoms with Crippen molar-refractivity contribution in [1.29, 1.82) is 0 Å².